The highest BCUT2D eigenvalue weighted by Gasteiger charge is 2.51. The molecular formula is C22H20FN3O4. The predicted octanol–water partition coefficient (Wildman–Crippen LogP) is 2.67. The van der Waals surface area contributed by atoms with Crippen molar-refractivity contribution < 1.29 is 23.6 Å². The highest BCUT2D eigenvalue weighted by Crippen LogP contribution is 2.32. The van der Waals surface area contributed by atoms with Crippen molar-refractivity contribution in [1.29, 1.82) is 0 Å². The Bertz CT molecular complexity index is 1020. The molecule has 1 saturated heterocycles. The van der Waals surface area contributed by atoms with E-state index in [0.717, 1.165) is 9.80 Å². The van der Waals surface area contributed by atoms with Crippen LogP contribution in [0.4, 0.5) is 9.18 Å². The van der Waals surface area contributed by atoms with Gasteiger partial charge in [0.2, 0.25) is 0 Å². The number of hydrogen-bond acceptors (Lipinski definition) is 4. The number of imide groups is 2. The van der Waals surface area contributed by atoms with Gasteiger partial charge in [-0.1, -0.05) is 31.2 Å². The summed E-state index contributed by atoms with van der Waals surface area (Å²) in [6.45, 7) is 1.92. The number of hydrogen-bond donors (Lipinski definition) is 1. The van der Waals surface area contributed by atoms with Crippen molar-refractivity contribution in [2.45, 2.75) is 25.3 Å². The fourth-order valence-corrected chi connectivity index (χ4v) is 4.03. The Balaban J connectivity index is 1.45. The third-order valence-electron chi connectivity index (χ3n) is 5.68. The zero-order valence-electron chi connectivity index (χ0n) is 16.4. The molecule has 154 valence electrons. The van der Waals surface area contributed by atoms with E-state index in [9.17, 15) is 23.6 Å². The van der Waals surface area contributed by atoms with Gasteiger partial charge in [0.1, 0.15) is 11.4 Å². The van der Waals surface area contributed by atoms with E-state index in [2.05, 4.69) is 5.32 Å². The molecule has 8 heteroatoms. The van der Waals surface area contributed by atoms with Crippen molar-refractivity contribution in [3.8, 4) is 0 Å². The fraction of sp³-hybridized carbons (Fsp3) is 0.273. The van der Waals surface area contributed by atoms with Gasteiger partial charge in [0.25, 0.3) is 17.7 Å². The molecule has 0 aliphatic carbocycles. The third-order valence-corrected chi connectivity index (χ3v) is 5.68. The number of rotatable bonds is 6. The van der Waals surface area contributed by atoms with Crippen LogP contribution in [-0.2, 0) is 10.3 Å². The number of fused-ring (bicyclic) bond motifs is 1. The van der Waals surface area contributed by atoms with Gasteiger partial charge in [0.05, 0.1) is 11.1 Å². The molecule has 1 atom stereocenters. The zero-order chi connectivity index (χ0) is 21.5. The van der Waals surface area contributed by atoms with Gasteiger partial charge in [-0.05, 0) is 42.7 Å². The molecule has 2 aromatic carbocycles. The van der Waals surface area contributed by atoms with Crippen LogP contribution in [0.15, 0.2) is 48.5 Å². The number of nitrogens with one attached hydrogen (secondary N) is 1. The van der Waals surface area contributed by atoms with Gasteiger partial charge in [0.15, 0.2) is 0 Å². The first-order valence-corrected chi connectivity index (χ1v) is 9.74. The van der Waals surface area contributed by atoms with E-state index in [4.69, 9.17) is 0 Å². The summed E-state index contributed by atoms with van der Waals surface area (Å²) in [4.78, 5) is 52.7. The lowest BCUT2D eigenvalue weighted by Gasteiger charge is -2.26. The van der Waals surface area contributed by atoms with Crippen molar-refractivity contribution in [2.75, 3.05) is 13.1 Å². The van der Waals surface area contributed by atoms with Crippen LogP contribution >= 0.6 is 0 Å². The molecule has 2 aromatic rings. The molecule has 4 rings (SSSR count). The molecule has 1 fully saturated rings. The predicted molar refractivity (Wildman–Crippen MR) is 105 cm³/mol. The first-order chi connectivity index (χ1) is 14.4. The summed E-state index contributed by atoms with van der Waals surface area (Å²) in [5.41, 5.74) is -0.0227. The Hall–Kier alpha value is -3.55. The van der Waals surface area contributed by atoms with Crippen molar-refractivity contribution in [3.05, 3.63) is 71.0 Å². The highest BCUT2D eigenvalue weighted by molar-refractivity contribution is 6.21. The Labute approximate surface area is 172 Å². The molecular weight excluding hydrogens is 389 g/mol. The Morgan fingerprint density at radius 1 is 0.867 bits per heavy atom. The molecule has 2 aliphatic heterocycles. The summed E-state index contributed by atoms with van der Waals surface area (Å²) in [5, 5.41) is 2.73. The fourth-order valence-electron chi connectivity index (χ4n) is 4.03. The largest absolute Gasteiger partial charge is 0.325 e. The lowest BCUT2D eigenvalue weighted by molar-refractivity contribution is -0.131. The number of urea groups is 1. The van der Waals surface area contributed by atoms with E-state index in [1.807, 2.05) is 0 Å². The molecule has 0 bridgehead atoms. The minimum Gasteiger partial charge on any atom is -0.319 e. The average Bonchev–Trinajstić information content (AvgIpc) is 3.14. The van der Waals surface area contributed by atoms with E-state index < -0.39 is 23.3 Å². The summed E-state index contributed by atoms with van der Waals surface area (Å²) in [6, 6.07) is 11.5. The van der Waals surface area contributed by atoms with Crippen molar-refractivity contribution in [3.63, 3.8) is 0 Å². The third kappa shape index (κ3) is 2.96. The number of amides is 5. The van der Waals surface area contributed by atoms with Crippen LogP contribution in [0.1, 0.15) is 46.0 Å². The van der Waals surface area contributed by atoms with Gasteiger partial charge >= 0.3 is 6.03 Å². The van der Waals surface area contributed by atoms with Crippen LogP contribution in [0.2, 0.25) is 0 Å². The van der Waals surface area contributed by atoms with Gasteiger partial charge in [0, 0.05) is 13.1 Å². The summed E-state index contributed by atoms with van der Waals surface area (Å²) < 4.78 is 13.3. The van der Waals surface area contributed by atoms with Crippen LogP contribution in [0.25, 0.3) is 0 Å². The first-order valence-electron chi connectivity index (χ1n) is 9.74. The zero-order valence-corrected chi connectivity index (χ0v) is 16.4. The second-order valence-corrected chi connectivity index (χ2v) is 7.31. The van der Waals surface area contributed by atoms with Crippen LogP contribution in [0, 0.1) is 5.82 Å². The number of halogens is 1. The van der Waals surface area contributed by atoms with E-state index in [0.29, 0.717) is 23.1 Å². The van der Waals surface area contributed by atoms with Gasteiger partial charge < -0.3 is 5.32 Å². The smallest absolute Gasteiger partial charge is 0.319 e. The average molecular weight is 409 g/mol. The van der Waals surface area contributed by atoms with Crippen molar-refractivity contribution >= 4 is 23.8 Å². The van der Waals surface area contributed by atoms with Gasteiger partial charge in [-0.25, -0.2) is 9.18 Å². The minimum atomic E-state index is -1.25. The molecule has 2 aliphatic rings. The summed E-state index contributed by atoms with van der Waals surface area (Å²) >= 11 is 0. The molecule has 1 N–H and O–H groups in total. The van der Waals surface area contributed by atoms with Gasteiger partial charge in [-0.3, -0.25) is 24.2 Å². The lowest BCUT2D eigenvalue weighted by Crippen LogP contribution is -2.43. The number of nitrogens with zero attached hydrogens (tertiary/aromatic N) is 2. The number of benzene rings is 2. The summed E-state index contributed by atoms with van der Waals surface area (Å²) in [6.07, 6.45) is 0.561. The van der Waals surface area contributed by atoms with Crippen LogP contribution in [0.3, 0.4) is 0 Å². The van der Waals surface area contributed by atoms with Gasteiger partial charge in [-0.15, -0.1) is 0 Å². The highest BCUT2D eigenvalue weighted by atomic mass is 19.1. The monoisotopic (exact) mass is 409 g/mol. The van der Waals surface area contributed by atoms with Crippen molar-refractivity contribution in [1.82, 2.24) is 15.1 Å². The first kappa shape index (κ1) is 19.8. The lowest BCUT2D eigenvalue weighted by atomic mass is 9.87. The Morgan fingerprint density at radius 3 is 2.00 bits per heavy atom. The molecule has 0 radical (unpaired) electrons. The minimum absolute atomic E-state index is 0.0566. The van der Waals surface area contributed by atoms with E-state index in [1.54, 1.807) is 31.2 Å². The Morgan fingerprint density at radius 2 is 1.43 bits per heavy atom. The van der Waals surface area contributed by atoms with Crippen LogP contribution < -0.4 is 5.32 Å². The second-order valence-electron chi connectivity index (χ2n) is 7.31. The maximum absolute atomic E-state index is 13.3. The number of carbonyl (C=O) groups excluding carboxylic acids is 4. The normalized spacial score (nSPS) is 20.7. The topological polar surface area (TPSA) is 86.8 Å². The SMILES string of the molecule is CCC1(c2ccc(F)cc2)NC(=O)N(CCCN2C(=O)c3ccccc3C2=O)C1=O. The van der Waals surface area contributed by atoms with Gasteiger partial charge in [-0.2, -0.15) is 0 Å². The second kappa shape index (κ2) is 7.37. The Kier molecular flexibility index (Phi) is 4.85. The molecule has 0 saturated carbocycles. The van der Waals surface area contributed by atoms with E-state index in [1.165, 1.54) is 24.3 Å². The molecule has 1 unspecified atom stereocenters. The molecule has 30 heavy (non-hydrogen) atoms. The molecule has 5 amide bonds. The maximum Gasteiger partial charge on any atom is 0.325 e. The standard InChI is InChI=1S/C22H20FN3O4/c1-2-22(14-8-10-15(23)11-9-14)20(29)26(21(30)24-22)13-5-12-25-18(27)16-6-3-4-7-17(16)19(25)28/h3-4,6-11H,2,5,12-13H2,1H3,(H,24,30). The number of carbonyl (C=O) groups is 4. The molecule has 0 aromatic heterocycles. The summed E-state index contributed by atoms with van der Waals surface area (Å²) in [5.74, 6) is -1.60. The molecule has 7 nitrogen and oxygen atoms in total. The summed E-state index contributed by atoms with van der Waals surface area (Å²) in [7, 11) is 0. The maximum atomic E-state index is 13.3. The molecule has 2 heterocycles. The van der Waals surface area contributed by atoms with Crippen LogP contribution in [-0.4, -0.2) is 46.6 Å². The molecule has 0 spiro atoms. The van der Waals surface area contributed by atoms with Crippen molar-refractivity contribution in [2.24, 2.45) is 0 Å². The van der Waals surface area contributed by atoms with E-state index >= 15 is 0 Å². The van der Waals surface area contributed by atoms with Crippen LogP contribution in [0.5, 0.6) is 0 Å². The quantitative estimate of drug-likeness (QED) is 0.587. The van der Waals surface area contributed by atoms with E-state index in [-0.39, 0.29) is 31.3 Å².